The highest BCUT2D eigenvalue weighted by molar-refractivity contribution is 9.10. The fourth-order valence-corrected chi connectivity index (χ4v) is 4.18. The third kappa shape index (κ3) is 3.97. The zero-order valence-electron chi connectivity index (χ0n) is 16.3. The van der Waals surface area contributed by atoms with E-state index < -0.39 is 11.9 Å². The predicted octanol–water partition coefficient (Wildman–Crippen LogP) is 4.03. The molecule has 0 aliphatic heterocycles. The summed E-state index contributed by atoms with van der Waals surface area (Å²) in [7, 11) is 1.64. The molecular formula is C18H23BrF3N5O. The second-order valence-corrected chi connectivity index (χ2v) is 7.99. The van der Waals surface area contributed by atoms with Crippen molar-refractivity contribution >= 4 is 21.8 Å². The number of hydrogen-bond donors (Lipinski definition) is 0. The molecule has 28 heavy (non-hydrogen) atoms. The summed E-state index contributed by atoms with van der Waals surface area (Å²) in [6.07, 6.45) is -2.95. The Hall–Kier alpha value is -1.84. The van der Waals surface area contributed by atoms with Crippen LogP contribution in [0.2, 0.25) is 0 Å². The average molecular weight is 462 g/mol. The number of nitrogens with zero attached hydrogens (tertiary/aromatic N) is 5. The number of aryl methyl sites for hydroxylation is 2. The Balaban J connectivity index is 1.80. The molecule has 2 aromatic heterocycles. The molecule has 0 spiro atoms. The molecule has 1 aliphatic carbocycles. The first-order valence-corrected chi connectivity index (χ1v) is 9.94. The third-order valence-electron chi connectivity index (χ3n) is 5.10. The van der Waals surface area contributed by atoms with Crippen molar-refractivity contribution in [2.24, 2.45) is 0 Å². The number of alkyl halides is 3. The molecule has 154 valence electrons. The normalized spacial score (nSPS) is 14.6. The van der Waals surface area contributed by atoms with Crippen molar-refractivity contribution in [1.82, 2.24) is 24.5 Å². The van der Waals surface area contributed by atoms with Crippen molar-refractivity contribution in [3.63, 3.8) is 0 Å². The van der Waals surface area contributed by atoms with E-state index >= 15 is 0 Å². The lowest BCUT2D eigenvalue weighted by atomic mass is 10.2. The van der Waals surface area contributed by atoms with E-state index in [2.05, 4.69) is 26.1 Å². The van der Waals surface area contributed by atoms with Gasteiger partial charge in [0.2, 0.25) is 5.91 Å². The van der Waals surface area contributed by atoms with Gasteiger partial charge in [-0.05, 0) is 49.5 Å². The summed E-state index contributed by atoms with van der Waals surface area (Å²) < 4.78 is 42.7. The Morgan fingerprint density at radius 1 is 1.25 bits per heavy atom. The Morgan fingerprint density at radius 3 is 2.39 bits per heavy atom. The minimum atomic E-state index is -4.56. The number of amides is 1. The summed E-state index contributed by atoms with van der Waals surface area (Å²) in [4.78, 5) is 14.2. The summed E-state index contributed by atoms with van der Waals surface area (Å²) >= 11 is 3.05. The summed E-state index contributed by atoms with van der Waals surface area (Å²) in [6.45, 7) is 6.68. The van der Waals surface area contributed by atoms with E-state index in [-0.39, 0.29) is 22.8 Å². The number of hydrogen-bond acceptors (Lipinski definition) is 3. The molecule has 0 bridgehead atoms. The highest BCUT2D eigenvalue weighted by Crippen LogP contribution is 2.46. The molecule has 10 heteroatoms. The topological polar surface area (TPSA) is 56.0 Å². The van der Waals surface area contributed by atoms with Gasteiger partial charge in [-0.15, -0.1) is 0 Å². The Kier molecular flexibility index (Phi) is 5.62. The van der Waals surface area contributed by atoms with Crippen LogP contribution in [0.5, 0.6) is 0 Å². The number of aromatic nitrogens is 4. The molecular weight excluding hydrogens is 439 g/mol. The summed E-state index contributed by atoms with van der Waals surface area (Å²) in [6, 6.07) is 0. The lowest BCUT2D eigenvalue weighted by molar-refractivity contribution is -0.142. The molecule has 0 atom stereocenters. The zero-order chi connectivity index (χ0) is 20.8. The smallest absolute Gasteiger partial charge is 0.340 e. The molecule has 0 unspecified atom stereocenters. The number of carbonyl (C=O) groups is 1. The molecule has 0 radical (unpaired) electrons. The van der Waals surface area contributed by atoms with Crippen molar-refractivity contribution < 1.29 is 18.0 Å². The van der Waals surface area contributed by atoms with Gasteiger partial charge in [0, 0.05) is 37.3 Å². The monoisotopic (exact) mass is 461 g/mol. The molecule has 0 N–H and O–H groups in total. The number of halogens is 4. The Bertz CT molecular complexity index is 898. The van der Waals surface area contributed by atoms with Gasteiger partial charge in [0.15, 0.2) is 5.69 Å². The number of rotatable bonds is 6. The highest BCUT2D eigenvalue weighted by atomic mass is 79.9. The zero-order valence-corrected chi connectivity index (χ0v) is 17.9. The van der Waals surface area contributed by atoms with E-state index in [0.717, 1.165) is 36.3 Å². The minimum absolute atomic E-state index is 0.0170. The van der Waals surface area contributed by atoms with Crippen LogP contribution in [-0.4, -0.2) is 37.4 Å². The van der Waals surface area contributed by atoms with Crippen LogP contribution in [0.3, 0.4) is 0 Å². The number of carbonyl (C=O) groups excluding carboxylic acids is 1. The van der Waals surface area contributed by atoms with Gasteiger partial charge in [-0.2, -0.15) is 23.4 Å². The van der Waals surface area contributed by atoms with Crippen LogP contribution in [-0.2, 0) is 30.6 Å². The van der Waals surface area contributed by atoms with Gasteiger partial charge in [0.25, 0.3) is 0 Å². The lowest BCUT2D eigenvalue weighted by Gasteiger charge is -2.18. The van der Waals surface area contributed by atoms with Crippen LogP contribution in [0, 0.1) is 13.8 Å². The summed E-state index contributed by atoms with van der Waals surface area (Å²) in [5.41, 5.74) is 2.28. The lowest BCUT2D eigenvalue weighted by Crippen LogP contribution is -2.31. The molecule has 1 fully saturated rings. The molecule has 1 amide bonds. The van der Waals surface area contributed by atoms with Gasteiger partial charge in [0.05, 0.1) is 15.9 Å². The van der Waals surface area contributed by atoms with Crippen molar-refractivity contribution in [2.45, 2.75) is 65.3 Å². The van der Waals surface area contributed by atoms with Crippen LogP contribution in [0.1, 0.15) is 54.0 Å². The minimum Gasteiger partial charge on any atom is -0.340 e. The standard InChI is InChI=1S/C18H23BrF3N5O/c1-5-26-11(3)13(10(2)23-26)8-25(4)14(28)9-27-16(12-6-7-12)15(19)17(24-27)18(20,21)22/h12H,5-9H2,1-4H3. The van der Waals surface area contributed by atoms with Gasteiger partial charge in [-0.3, -0.25) is 14.2 Å². The fraction of sp³-hybridized carbons (Fsp3) is 0.611. The van der Waals surface area contributed by atoms with Crippen LogP contribution < -0.4 is 0 Å². The third-order valence-corrected chi connectivity index (χ3v) is 5.88. The van der Waals surface area contributed by atoms with Gasteiger partial charge in [0.1, 0.15) is 6.54 Å². The van der Waals surface area contributed by atoms with Crippen molar-refractivity contribution in [1.29, 1.82) is 0 Å². The first-order chi connectivity index (χ1) is 13.0. The van der Waals surface area contributed by atoms with Crippen LogP contribution in [0.15, 0.2) is 4.47 Å². The van der Waals surface area contributed by atoms with Crippen LogP contribution >= 0.6 is 15.9 Å². The molecule has 0 aromatic carbocycles. The van der Waals surface area contributed by atoms with E-state index in [1.54, 1.807) is 7.05 Å². The largest absolute Gasteiger partial charge is 0.436 e. The van der Waals surface area contributed by atoms with Crippen molar-refractivity contribution in [3.8, 4) is 0 Å². The maximum Gasteiger partial charge on any atom is 0.436 e. The Labute approximate surface area is 169 Å². The highest BCUT2D eigenvalue weighted by Gasteiger charge is 2.42. The first kappa shape index (κ1) is 20.9. The average Bonchev–Trinajstić information content (AvgIpc) is 3.33. The van der Waals surface area contributed by atoms with Gasteiger partial charge in [-0.1, -0.05) is 0 Å². The molecule has 3 rings (SSSR count). The predicted molar refractivity (Wildman–Crippen MR) is 101 cm³/mol. The van der Waals surface area contributed by atoms with E-state index in [1.165, 1.54) is 9.58 Å². The molecule has 0 saturated heterocycles. The summed E-state index contributed by atoms with van der Waals surface area (Å²) in [5, 5.41) is 8.15. The van der Waals surface area contributed by atoms with Gasteiger partial charge in [-0.25, -0.2) is 0 Å². The van der Waals surface area contributed by atoms with Gasteiger partial charge < -0.3 is 4.90 Å². The second kappa shape index (κ2) is 7.53. The van der Waals surface area contributed by atoms with E-state index in [9.17, 15) is 18.0 Å². The van der Waals surface area contributed by atoms with E-state index in [1.807, 2.05) is 25.5 Å². The van der Waals surface area contributed by atoms with E-state index in [0.29, 0.717) is 12.2 Å². The first-order valence-electron chi connectivity index (χ1n) is 9.14. The van der Waals surface area contributed by atoms with Crippen LogP contribution in [0.25, 0.3) is 0 Å². The van der Waals surface area contributed by atoms with E-state index in [4.69, 9.17) is 0 Å². The SMILES string of the molecule is CCn1nc(C)c(CN(C)C(=O)Cn2nc(C(F)(F)F)c(Br)c2C2CC2)c1C. The molecule has 2 aromatic rings. The molecule has 1 saturated carbocycles. The summed E-state index contributed by atoms with van der Waals surface area (Å²) in [5.74, 6) is -0.281. The maximum absolute atomic E-state index is 13.2. The van der Waals surface area contributed by atoms with Crippen molar-refractivity contribution in [2.75, 3.05) is 7.05 Å². The second-order valence-electron chi connectivity index (χ2n) is 7.19. The number of likely N-dealkylation sites (N-methyl/N-ethyl adjacent to an activating group) is 1. The van der Waals surface area contributed by atoms with Crippen LogP contribution in [0.4, 0.5) is 13.2 Å². The maximum atomic E-state index is 13.2. The fourth-order valence-electron chi connectivity index (χ4n) is 3.35. The van der Waals surface area contributed by atoms with Gasteiger partial charge >= 0.3 is 6.18 Å². The molecule has 1 aliphatic rings. The Morgan fingerprint density at radius 2 is 1.89 bits per heavy atom. The molecule has 2 heterocycles. The quantitative estimate of drug-likeness (QED) is 0.652. The van der Waals surface area contributed by atoms with Crippen molar-refractivity contribution in [3.05, 3.63) is 32.8 Å². The molecule has 6 nitrogen and oxygen atoms in total.